The maximum absolute atomic E-state index is 13.0. The monoisotopic (exact) mass is 431 g/mol. The molecule has 154 valence electrons. The van der Waals surface area contributed by atoms with Crippen LogP contribution >= 0.6 is 11.3 Å². The highest BCUT2D eigenvalue weighted by atomic mass is 32.1. The van der Waals surface area contributed by atoms with E-state index in [-0.39, 0.29) is 11.8 Å². The molecule has 4 aromatic rings. The lowest BCUT2D eigenvalue weighted by Gasteiger charge is -2.08. The summed E-state index contributed by atoms with van der Waals surface area (Å²) in [5.74, 6) is -1.02. The Labute approximate surface area is 182 Å². The number of carbonyl (C=O) groups excluding carboxylic acids is 2. The van der Waals surface area contributed by atoms with Crippen molar-refractivity contribution in [3.05, 3.63) is 101 Å². The van der Waals surface area contributed by atoms with E-state index in [1.165, 1.54) is 35.6 Å². The maximum Gasteiger partial charge on any atom is 0.272 e. The van der Waals surface area contributed by atoms with Crippen LogP contribution in [0.25, 0.3) is 10.1 Å². The van der Waals surface area contributed by atoms with Crippen LogP contribution in [-0.2, 0) is 0 Å². The second kappa shape index (κ2) is 8.89. The number of hydrogen-bond acceptors (Lipinski definition) is 4. The molecule has 0 spiro atoms. The van der Waals surface area contributed by atoms with Crippen LogP contribution in [0.5, 0.6) is 0 Å². The van der Waals surface area contributed by atoms with Gasteiger partial charge in [0.15, 0.2) is 0 Å². The normalized spacial score (nSPS) is 11.4. The summed E-state index contributed by atoms with van der Waals surface area (Å²) in [5, 5.41) is 9.70. The van der Waals surface area contributed by atoms with Crippen molar-refractivity contribution in [1.29, 1.82) is 0 Å². The molecule has 0 saturated heterocycles. The van der Waals surface area contributed by atoms with Gasteiger partial charge in [-0.2, -0.15) is 5.10 Å². The van der Waals surface area contributed by atoms with Gasteiger partial charge in [0.1, 0.15) is 5.82 Å². The molecule has 7 heteroatoms. The van der Waals surface area contributed by atoms with E-state index in [4.69, 9.17) is 0 Å². The number of amides is 2. The molecule has 0 fully saturated rings. The smallest absolute Gasteiger partial charge is 0.272 e. The highest BCUT2D eigenvalue weighted by molar-refractivity contribution is 7.17. The third-order valence-electron chi connectivity index (χ3n) is 4.70. The van der Waals surface area contributed by atoms with Crippen molar-refractivity contribution >= 4 is 44.6 Å². The summed E-state index contributed by atoms with van der Waals surface area (Å²) < 4.78 is 14.1. The molecule has 0 unspecified atom stereocenters. The van der Waals surface area contributed by atoms with Crippen molar-refractivity contribution in [2.75, 3.05) is 5.32 Å². The number of thiophene rings is 1. The van der Waals surface area contributed by atoms with Crippen LogP contribution < -0.4 is 10.7 Å². The van der Waals surface area contributed by atoms with E-state index < -0.39 is 5.82 Å². The highest BCUT2D eigenvalue weighted by Gasteiger charge is 2.12. The minimum atomic E-state index is -0.400. The molecule has 0 radical (unpaired) electrons. The van der Waals surface area contributed by atoms with Crippen molar-refractivity contribution in [2.24, 2.45) is 5.10 Å². The largest absolute Gasteiger partial charge is 0.322 e. The zero-order chi connectivity index (χ0) is 21.8. The predicted octanol–water partition coefficient (Wildman–Crippen LogP) is 5.45. The van der Waals surface area contributed by atoms with Crippen LogP contribution in [0.2, 0.25) is 0 Å². The highest BCUT2D eigenvalue weighted by Crippen LogP contribution is 2.25. The van der Waals surface area contributed by atoms with E-state index in [0.29, 0.717) is 22.5 Å². The van der Waals surface area contributed by atoms with Crippen molar-refractivity contribution in [1.82, 2.24) is 5.43 Å². The fraction of sp³-hybridized carbons (Fsp3) is 0.0417. The number of hydrazone groups is 1. The number of nitrogens with zero attached hydrogens (tertiary/aromatic N) is 1. The van der Waals surface area contributed by atoms with E-state index >= 15 is 0 Å². The first-order valence-corrected chi connectivity index (χ1v) is 10.4. The molecular weight excluding hydrogens is 413 g/mol. The number of carbonyl (C=O) groups is 2. The maximum atomic E-state index is 13.0. The standard InChI is InChI=1S/C24H18FN3O2S/c1-15(27-28-24(30)21-14-31-22-8-3-2-7-20(21)22)17-5-4-6-19(13-17)26-23(29)16-9-11-18(25)12-10-16/h2-14H,1H3,(H,26,29)(H,28,30). The minimum absolute atomic E-state index is 0.280. The molecule has 0 atom stereocenters. The van der Waals surface area contributed by atoms with Gasteiger partial charge in [-0.25, -0.2) is 9.82 Å². The molecule has 0 bridgehead atoms. The second-order valence-corrected chi connectivity index (χ2v) is 7.74. The summed E-state index contributed by atoms with van der Waals surface area (Å²) in [6, 6.07) is 20.1. The van der Waals surface area contributed by atoms with E-state index in [2.05, 4.69) is 15.8 Å². The summed E-state index contributed by atoms with van der Waals surface area (Å²) in [7, 11) is 0. The zero-order valence-corrected chi connectivity index (χ0v) is 17.4. The van der Waals surface area contributed by atoms with Crippen molar-refractivity contribution in [3.8, 4) is 0 Å². The summed E-state index contributed by atoms with van der Waals surface area (Å²) >= 11 is 1.51. The lowest BCUT2D eigenvalue weighted by Crippen LogP contribution is -2.19. The van der Waals surface area contributed by atoms with Gasteiger partial charge in [0.2, 0.25) is 0 Å². The molecule has 31 heavy (non-hydrogen) atoms. The SMILES string of the molecule is CC(=NNC(=O)c1csc2ccccc12)c1cccc(NC(=O)c2ccc(F)cc2)c1. The van der Waals surface area contributed by atoms with Gasteiger partial charge in [-0.3, -0.25) is 9.59 Å². The Morgan fingerprint density at radius 3 is 2.48 bits per heavy atom. The predicted molar refractivity (Wildman–Crippen MR) is 122 cm³/mol. The number of hydrogen-bond donors (Lipinski definition) is 2. The molecule has 0 saturated carbocycles. The minimum Gasteiger partial charge on any atom is -0.322 e. The van der Waals surface area contributed by atoms with Crippen LogP contribution in [0.4, 0.5) is 10.1 Å². The van der Waals surface area contributed by atoms with E-state index in [0.717, 1.165) is 15.6 Å². The summed E-state index contributed by atoms with van der Waals surface area (Å²) in [6.45, 7) is 1.77. The van der Waals surface area contributed by atoms with Crippen molar-refractivity contribution < 1.29 is 14.0 Å². The Bertz CT molecular complexity index is 1300. The van der Waals surface area contributed by atoms with Crippen LogP contribution in [0.1, 0.15) is 33.2 Å². The quantitative estimate of drug-likeness (QED) is 0.326. The molecule has 3 aromatic carbocycles. The molecule has 1 aromatic heterocycles. The average Bonchev–Trinajstić information content (AvgIpc) is 3.22. The van der Waals surface area contributed by atoms with Crippen LogP contribution in [-0.4, -0.2) is 17.5 Å². The summed E-state index contributed by atoms with van der Waals surface area (Å²) in [4.78, 5) is 24.9. The summed E-state index contributed by atoms with van der Waals surface area (Å²) in [6.07, 6.45) is 0. The third-order valence-corrected chi connectivity index (χ3v) is 5.66. The topological polar surface area (TPSA) is 70.6 Å². The molecule has 0 aliphatic heterocycles. The zero-order valence-electron chi connectivity index (χ0n) is 16.6. The molecular formula is C24H18FN3O2S. The lowest BCUT2D eigenvalue weighted by molar-refractivity contribution is 0.0956. The van der Waals surface area contributed by atoms with Gasteiger partial charge < -0.3 is 5.32 Å². The van der Waals surface area contributed by atoms with Crippen LogP contribution in [0.15, 0.2) is 83.3 Å². The third kappa shape index (κ3) is 4.67. The van der Waals surface area contributed by atoms with Crippen molar-refractivity contribution in [2.45, 2.75) is 6.92 Å². The first-order valence-electron chi connectivity index (χ1n) is 9.49. The van der Waals surface area contributed by atoms with Crippen molar-refractivity contribution in [3.63, 3.8) is 0 Å². The van der Waals surface area contributed by atoms with Gasteiger partial charge in [-0.05, 0) is 55.0 Å². The number of fused-ring (bicyclic) bond motifs is 1. The average molecular weight is 431 g/mol. The second-order valence-electron chi connectivity index (χ2n) is 6.83. The van der Waals surface area contributed by atoms with Crippen LogP contribution in [0.3, 0.4) is 0 Å². The number of anilines is 1. The Hall–Kier alpha value is -3.84. The lowest BCUT2D eigenvalue weighted by atomic mass is 10.1. The van der Waals surface area contributed by atoms with E-state index in [1.54, 1.807) is 25.1 Å². The van der Waals surface area contributed by atoms with Gasteiger partial charge in [0, 0.05) is 26.7 Å². The number of halogens is 1. The molecule has 4 rings (SSSR count). The van der Waals surface area contributed by atoms with Gasteiger partial charge in [-0.15, -0.1) is 11.3 Å². The Morgan fingerprint density at radius 2 is 1.68 bits per heavy atom. The van der Waals surface area contributed by atoms with Gasteiger partial charge in [-0.1, -0.05) is 30.3 Å². The molecule has 1 heterocycles. The molecule has 2 N–H and O–H groups in total. The van der Waals surface area contributed by atoms with E-state index in [9.17, 15) is 14.0 Å². The molecule has 0 aliphatic carbocycles. The molecule has 0 aliphatic rings. The fourth-order valence-electron chi connectivity index (χ4n) is 3.04. The molecule has 2 amide bonds. The van der Waals surface area contributed by atoms with Gasteiger partial charge in [0.25, 0.3) is 11.8 Å². The first kappa shape index (κ1) is 20.4. The van der Waals surface area contributed by atoms with Gasteiger partial charge in [0.05, 0.1) is 11.3 Å². The Kier molecular flexibility index (Phi) is 5.86. The first-order chi connectivity index (χ1) is 15.0. The van der Waals surface area contributed by atoms with Crippen LogP contribution in [0, 0.1) is 5.82 Å². The molecule has 5 nitrogen and oxygen atoms in total. The summed E-state index contributed by atoms with van der Waals surface area (Å²) in [5.41, 5.74) is 5.43. The Balaban J connectivity index is 1.46. The number of nitrogens with one attached hydrogen (secondary N) is 2. The van der Waals surface area contributed by atoms with Gasteiger partial charge >= 0.3 is 0 Å². The number of rotatable bonds is 5. The van der Waals surface area contributed by atoms with E-state index in [1.807, 2.05) is 35.7 Å². The Morgan fingerprint density at radius 1 is 0.903 bits per heavy atom. The fourth-order valence-corrected chi connectivity index (χ4v) is 3.98. The number of benzene rings is 3.